The van der Waals surface area contributed by atoms with Crippen LogP contribution < -0.4 is 15.2 Å². The summed E-state index contributed by atoms with van der Waals surface area (Å²) < 4.78 is 12.8. The smallest absolute Gasteiger partial charge is 0.163 e. The van der Waals surface area contributed by atoms with Crippen molar-refractivity contribution in [1.29, 1.82) is 0 Å². The zero-order valence-electron chi connectivity index (χ0n) is 10.7. The van der Waals surface area contributed by atoms with E-state index in [0.717, 1.165) is 17.1 Å². The fourth-order valence-electron chi connectivity index (χ4n) is 2.14. The Bertz CT molecular complexity index is 652. The van der Waals surface area contributed by atoms with Crippen molar-refractivity contribution in [1.82, 2.24) is 9.78 Å². The number of ether oxygens (including phenoxy) is 2. The van der Waals surface area contributed by atoms with Crippen LogP contribution in [0.2, 0.25) is 5.02 Å². The molecule has 1 aliphatic heterocycles. The summed E-state index contributed by atoms with van der Waals surface area (Å²) in [6.45, 7) is 4.84. The van der Waals surface area contributed by atoms with E-state index in [1.807, 2.05) is 19.9 Å². The molecular weight excluding hydrogens is 266 g/mol. The van der Waals surface area contributed by atoms with E-state index < -0.39 is 0 Å². The summed E-state index contributed by atoms with van der Waals surface area (Å²) in [6, 6.07) is 3.59. The van der Waals surface area contributed by atoms with Gasteiger partial charge in [-0.15, -0.1) is 0 Å². The van der Waals surface area contributed by atoms with E-state index in [1.165, 1.54) is 0 Å². The van der Waals surface area contributed by atoms with Gasteiger partial charge in [0.25, 0.3) is 0 Å². The van der Waals surface area contributed by atoms with Crippen molar-refractivity contribution in [2.24, 2.45) is 0 Å². The van der Waals surface area contributed by atoms with E-state index in [-0.39, 0.29) is 0 Å². The highest BCUT2D eigenvalue weighted by Gasteiger charge is 2.18. The number of nitrogen functional groups attached to an aromatic ring is 1. The molecule has 3 rings (SSSR count). The van der Waals surface area contributed by atoms with Crippen molar-refractivity contribution in [2.75, 3.05) is 18.9 Å². The van der Waals surface area contributed by atoms with Gasteiger partial charge in [0, 0.05) is 12.1 Å². The van der Waals surface area contributed by atoms with Crippen LogP contribution in [0.25, 0.3) is 5.69 Å². The Kier molecular flexibility index (Phi) is 2.78. The molecule has 0 radical (unpaired) electrons. The number of halogens is 1. The van der Waals surface area contributed by atoms with Gasteiger partial charge in [0.2, 0.25) is 0 Å². The molecule has 0 atom stereocenters. The predicted octanol–water partition coefficient (Wildman–Crippen LogP) is 2.50. The second-order valence-corrected chi connectivity index (χ2v) is 4.83. The Balaban J connectivity index is 2.17. The highest BCUT2D eigenvalue weighted by Crippen LogP contribution is 2.37. The van der Waals surface area contributed by atoms with Crippen LogP contribution in [-0.2, 0) is 0 Å². The first-order valence-electron chi connectivity index (χ1n) is 5.99. The molecule has 0 saturated carbocycles. The third-order valence-electron chi connectivity index (χ3n) is 3.12. The molecule has 2 N–H and O–H groups in total. The summed E-state index contributed by atoms with van der Waals surface area (Å²) in [6.07, 6.45) is 0. The zero-order valence-corrected chi connectivity index (χ0v) is 11.5. The first-order valence-corrected chi connectivity index (χ1v) is 6.37. The molecule has 100 valence electrons. The number of hydrogen-bond donors (Lipinski definition) is 1. The van der Waals surface area contributed by atoms with E-state index in [1.54, 1.807) is 10.7 Å². The minimum absolute atomic E-state index is 0.536. The second kappa shape index (κ2) is 4.35. The van der Waals surface area contributed by atoms with Crippen LogP contribution in [0.15, 0.2) is 12.1 Å². The van der Waals surface area contributed by atoms with Crippen LogP contribution in [0.3, 0.4) is 0 Å². The molecular formula is C13H14ClN3O2. The van der Waals surface area contributed by atoms with E-state index in [0.29, 0.717) is 35.4 Å². The molecule has 0 spiro atoms. The SMILES string of the molecule is Cc1nn(-c2cc3c(cc2N)OCCO3)c(C)c1Cl. The number of benzene rings is 1. The van der Waals surface area contributed by atoms with Crippen molar-refractivity contribution in [3.63, 3.8) is 0 Å². The highest BCUT2D eigenvalue weighted by atomic mass is 35.5. The number of aromatic nitrogens is 2. The molecule has 0 fully saturated rings. The van der Waals surface area contributed by atoms with Crippen LogP contribution in [0.5, 0.6) is 11.5 Å². The van der Waals surface area contributed by atoms with Gasteiger partial charge >= 0.3 is 0 Å². The molecule has 0 amide bonds. The molecule has 6 heteroatoms. The first-order chi connectivity index (χ1) is 9.08. The monoisotopic (exact) mass is 279 g/mol. The van der Waals surface area contributed by atoms with Crippen molar-refractivity contribution < 1.29 is 9.47 Å². The molecule has 0 bridgehead atoms. The number of rotatable bonds is 1. The Labute approximate surface area is 115 Å². The standard InChI is InChI=1S/C13H14ClN3O2/c1-7-13(14)8(2)17(16-7)10-6-12-11(5-9(10)15)18-3-4-19-12/h5-6H,3-4,15H2,1-2H3. The van der Waals surface area contributed by atoms with Crippen molar-refractivity contribution in [3.05, 3.63) is 28.5 Å². The van der Waals surface area contributed by atoms with Gasteiger partial charge in [-0.2, -0.15) is 5.10 Å². The van der Waals surface area contributed by atoms with E-state index in [9.17, 15) is 0 Å². The molecule has 0 aliphatic carbocycles. The molecule has 0 unspecified atom stereocenters. The Morgan fingerprint density at radius 1 is 1.21 bits per heavy atom. The molecule has 2 heterocycles. The lowest BCUT2D eigenvalue weighted by Gasteiger charge is -2.20. The van der Waals surface area contributed by atoms with Gasteiger partial charge in [-0.3, -0.25) is 0 Å². The average Bonchev–Trinajstić information content (AvgIpc) is 2.66. The third-order valence-corrected chi connectivity index (χ3v) is 3.67. The van der Waals surface area contributed by atoms with Gasteiger partial charge in [-0.25, -0.2) is 4.68 Å². The molecule has 0 saturated heterocycles. The Morgan fingerprint density at radius 3 is 2.42 bits per heavy atom. The maximum absolute atomic E-state index is 6.16. The maximum atomic E-state index is 6.16. The number of fused-ring (bicyclic) bond motifs is 1. The van der Waals surface area contributed by atoms with Gasteiger partial charge in [-0.05, 0) is 13.8 Å². The van der Waals surface area contributed by atoms with E-state index in [4.69, 9.17) is 26.8 Å². The highest BCUT2D eigenvalue weighted by molar-refractivity contribution is 6.31. The summed E-state index contributed by atoms with van der Waals surface area (Å²) in [5.74, 6) is 1.35. The maximum Gasteiger partial charge on any atom is 0.163 e. The fourth-order valence-corrected chi connectivity index (χ4v) is 2.25. The molecule has 2 aromatic rings. The first kappa shape index (κ1) is 12.2. The minimum atomic E-state index is 0.536. The number of nitrogens with two attached hydrogens (primary N) is 1. The summed E-state index contributed by atoms with van der Waals surface area (Å²) >= 11 is 6.16. The van der Waals surface area contributed by atoms with Crippen molar-refractivity contribution in [3.8, 4) is 17.2 Å². The largest absolute Gasteiger partial charge is 0.486 e. The van der Waals surface area contributed by atoms with Crippen molar-refractivity contribution in [2.45, 2.75) is 13.8 Å². The lowest BCUT2D eigenvalue weighted by atomic mass is 10.2. The molecule has 5 nitrogen and oxygen atoms in total. The lowest BCUT2D eigenvalue weighted by molar-refractivity contribution is 0.171. The average molecular weight is 280 g/mol. The van der Waals surface area contributed by atoms with Gasteiger partial charge < -0.3 is 15.2 Å². The molecule has 19 heavy (non-hydrogen) atoms. The molecule has 1 aromatic heterocycles. The third kappa shape index (κ3) is 1.90. The Hall–Kier alpha value is -1.88. The Morgan fingerprint density at radius 2 is 1.84 bits per heavy atom. The summed E-state index contributed by atoms with van der Waals surface area (Å²) in [5, 5.41) is 5.05. The minimum Gasteiger partial charge on any atom is -0.486 e. The number of nitrogens with zero attached hydrogens (tertiary/aromatic N) is 2. The van der Waals surface area contributed by atoms with Gasteiger partial charge in [0.1, 0.15) is 13.2 Å². The lowest BCUT2D eigenvalue weighted by Crippen LogP contribution is -2.16. The van der Waals surface area contributed by atoms with Gasteiger partial charge in [0.15, 0.2) is 11.5 Å². The van der Waals surface area contributed by atoms with Crippen LogP contribution in [-0.4, -0.2) is 23.0 Å². The summed E-state index contributed by atoms with van der Waals surface area (Å²) in [4.78, 5) is 0. The second-order valence-electron chi connectivity index (χ2n) is 4.45. The van der Waals surface area contributed by atoms with Gasteiger partial charge in [0.05, 0.1) is 27.8 Å². The number of hydrogen-bond acceptors (Lipinski definition) is 4. The normalized spacial score (nSPS) is 13.6. The van der Waals surface area contributed by atoms with Crippen LogP contribution in [0.1, 0.15) is 11.4 Å². The number of aryl methyl sites for hydroxylation is 1. The zero-order chi connectivity index (χ0) is 13.6. The topological polar surface area (TPSA) is 62.3 Å². The molecule has 1 aromatic carbocycles. The molecule has 1 aliphatic rings. The van der Waals surface area contributed by atoms with Crippen LogP contribution in [0, 0.1) is 13.8 Å². The van der Waals surface area contributed by atoms with Crippen LogP contribution >= 0.6 is 11.6 Å². The predicted molar refractivity (Wildman–Crippen MR) is 73.5 cm³/mol. The van der Waals surface area contributed by atoms with Crippen molar-refractivity contribution >= 4 is 17.3 Å². The van der Waals surface area contributed by atoms with E-state index in [2.05, 4.69) is 5.10 Å². The quantitative estimate of drug-likeness (QED) is 0.815. The number of anilines is 1. The van der Waals surface area contributed by atoms with Crippen LogP contribution in [0.4, 0.5) is 5.69 Å². The summed E-state index contributed by atoms with van der Waals surface area (Å²) in [7, 11) is 0. The summed E-state index contributed by atoms with van der Waals surface area (Å²) in [5.41, 5.74) is 9.01. The fraction of sp³-hybridized carbons (Fsp3) is 0.308. The van der Waals surface area contributed by atoms with Gasteiger partial charge in [-0.1, -0.05) is 11.6 Å². The van der Waals surface area contributed by atoms with E-state index >= 15 is 0 Å².